The third kappa shape index (κ3) is 6.64. The zero-order chi connectivity index (χ0) is 28.8. The zero-order valence-electron chi connectivity index (χ0n) is 21.6. The number of nitrogens with zero attached hydrogens (tertiary/aromatic N) is 1. The van der Waals surface area contributed by atoms with Crippen molar-refractivity contribution < 1.29 is 28.2 Å². The van der Waals surface area contributed by atoms with Gasteiger partial charge in [0.2, 0.25) is 0 Å². The van der Waals surface area contributed by atoms with Crippen LogP contribution in [-0.4, -0.2) is 36.0 Å². The molecule has 1 heterocycles. The van der Waals surface area contributed by atoms with Crippen molar-refractivity contribution in [3.63, 3.8) is 0 Å². The van der Waals surface area contributed by atoms with E-state index in [0.29, 0.717) is 16.9 Å². The minimum absolute atomic E-state index is 0.0212. The van der Waals surface area contributed by atoms with Crippen molar-refractivity contribution in [1.29, 1.82) is 0 Å². The van der Waals surface area contributed by atoms with E-state index >= 15 is 0 Å². The highest BCUT2D eigenvalue weighted by Crippen LogP contribution is 2.37. The van der Waals surface area contributed by atoms with Crippen molar-refractivity contribution in [2.24, 2.45) is 0 Å². The molecule has 1 aliphatic rings. The van der Waals surface area contributed by atoms with E-state index < -0.39 is 30.1 Å². The van der Waals surface area contributed by atoms with Gasteiger partial charge in [-0.05, 0) is 91.3 Å². The minimum atomic E-state index is -0.650. The predicted molar refractivity (Wildman–Crippen MR) is 155 cm³/mol. The largest absolute Gasteiger partial charge is 0.490 e. The van der Waals surface area contributed by atoms with Gasteiger partial charge in [-0.2, -0.15) is 0 Å². The molecule has 4 rings (SSSR count). The number of amides is 3. The SMILES string of the molecule is CCOc1cc(/C=C2\C(=O)NC(=S)N(c3ccc(CC)cc3)C2=O)cc(Cl)c1OCC(=O)Nc1ccc(F)cc1. The Morgan fingerprint density at radius 3 is 2.42 bits per heavy atom. The van der Waals surface area contributed by atoms with Gasteiger partial charge in [0.05, 0.1) is 17.3 Å². The number of carbonyl (C=O) groups excluding carboxylic acids is 3. The van der Waals surface area contributed by atoms with Gasteiger partial charge in [0.15, 0.2) is 23.2 Å². The van der Waals surface area contributed by atoms with Crippen LogP contribution < -0.4 is 25.0 Å². The summed E-state index contributed by atoms with van der Waals surface area (Å²) in [6.45, 7) is 3.63. The van der Waals surface area contributed by atoms with Gasteiger partial charge < -0.3 is 14.8 Å². The van der Waals surface area contributed by atoms with E-state index in [-0.39, 0.29) is 33.8 Å². The van der Waals surface area contributed by atoms with Crippen molar-refractivity contribution in [3.05, 3.63) is 88.2 Å². The van der Waals surface area contributed by atoms with Crippen LogP contribution in [0.1, 0.15) is 25.0 Å². The molecule has 0 saturated carbocycles. The molecule has 0 spiro atoms. The van der Waals surface area contributed by atoms with Gasteiger partial charge in [0.25, 0.3) is 17.7 Å². The highest BCUT2D eigenvalue weighted by molar-refractivity contribution is 7.80. The molecule has 0 atom stereocenters. The molecule has 0 bridgehead atoms. The summed E-state index contributed by atoms with van der Waals surface area (Å²) in [5.41, 5.74) is 2.25. The first-order valence-corrected chi connectivity index (χ1v) is 13.1. The molecule has 3 aromatic carbocycles. The number of carbonyl (C=O) groups is 3. The summed E-state index contributed by atoms with van der Waals surface area (Å²) >= 11 is 11.7. The maximum absolute atomic E-state index is 13.4. The van der Waals surface area contributed by atoms with Gasteiger partial charge in [-0.1, -0.05) is 30.7 Å². The average molecular weight is 582 g/mol. The summed E-state index contributed by atoms with van der Waals surface area (Å²) < 4.78 is 24.4. The summed E-state index contributed by atoms with van der Waals surface area (Å²) in [7, 11) is 0. The van der Waals surface area contributed by atoms with Crippen LogP contribution in [0.3, 0.4) is 0 Å². The molecule has 3 amide bonds. The quantitative estimate of drug-likeness (QED) is 0.202. The molecule has 1 fully saturated rings. The number of aryl methyl sites for hydroxylation is 1. The Morgan fingerprint density at radius 1 is 1.07 bits per heavy atom. The topological polar surface area (TPSA) is 97.0 Å². The number of ether oxygens (including phenoxy) is 2. The molecule has 0 aromatic heterocycles. The Hall–Kier alpha value is -4.28. The van der Waals surface area contributed by atoms with Crippen LogP contribution in [-0.2, 0) is 20.8 Å². The summed E-state index contributed by atoms with van der Waals surface area (Å²) in [6.07, 6.45) is 2.22. The molecular weight excluding hydrogens is 557 g/mol. The summed E-state index contributed by atoms with van der Waals surface area (Å²) in [6, 6.07) is 15.6. The molecule has 1 saturated heterocycles. The van der Waals surface area contributed by atoms with Gasteiger partial charge in [-0.3, -0.25) is 24.6 Å². The van der Waals surface area contributed by atoms with Gasteiger partial charge in [-0.25, -0.2) is 4.39 Å². The van der Waals surface area contributed by atoms with Crippen LogP contribution >= 0.6 is 23.8 Å². The van der Waals surface area contributed by atoms with Crippen molar-refractivity contribution in [2.75, 3.05) is 23.4 Å². The third-order valence-electron chi connectivity index (χ3n) is 5.82. The first kappa shape index (κ1) is 28.7. The lowest BCUT2D eigenvalue weighted by atomic mass is 10.1. The van der Waals surface area contributed by atoms with Crippen molar-refractivity contribution >= 4 is 64.1 Å². The molecule has 2 N–H and O–H groups in total. The second-order valence-corrected chi connectivity index (χ2v) is 9.38. The molecular formula is C29H25ClFN3O5S. The van der Waals surface area contributed by atoms with Crippen molar-refractivity contribution in [2.45, 2.75) is 20.3 Å². The predicted octanol–water partition coefficient (Wildman–Crippen LogP) is 5.29. The summed E-state index contributed by atoms with van der Waals surface area (Å²) in [4.78, 5) is 39.7. The maximum atomic E-state index is 13.4. The van der Waals surface area contributed by atoms with E-state index in [4.69, 9.17) is 33.3 Å². The fourth-order valence-corrected chi connectivity index (χ4v) is 4.44. The fraction of sp³-hybridized carbons (Fsp3) is 0.172. The monoisotopic (exact) mass is 581 g/mol. The molecule has 8 nitrogen and oxygen atoms in total. The standard InChI is InChI=1S/C29H25ClFN3O5S/c1-3-17-5-11-21(12-6-17)34-28(37)22(27(36)33-29(34)40)13-18-14-23(30)26(24(15-18)38-4-2)39-16-25(35)32-20-9-7-19(31)8-10-20/h5-15H,3-4,16H2,1-2H3,(H,32,35)(H,33,36,40)/b22-13+. The number of hydrogen-bond donors (Lipinski definition) is 2. The molecule has 0 radical (unpaired) electrons. The highest BCUT2D eigenvalue weighted by Gasteiger charge is 2.34. The molecule has 1 aliphatic heterocycles. The van der Waals surface area contributed by atoms with Crippen LogP contribution in [0.4, 0.5) is 15.8 Å². The molecule has 11 heteroatoms. The van der Waals surface area contributed by atoms with Gasteiger partial charge in [-0.15, -0.1) is 0 Å². The maximum Gasteiger partial charge on any atom is 0.270 e. The molecule has 206 valence electrons. The molecule has 0 unspecified atom stereocenters. The molecule has 0 aliphatic carbocycles. The number of halogens is 2. The van der Waals surface area contributed by atoms with E-state index in [1.807, 2.05) is 19.1 Å². The van der Waals surface area contributed by atoms with Crippen LogP contribution in [0.5, 0.6) is 11.5 Å². The first-order valence-electron chi connectivity index (χ1n) is 12.3. The Bertz CT molecular complexity index is 1490. The second kappa shape index (κ2) is 12.7. The second-order valence-electron chi connectivity index (χ2n) is 8.58. The van der Waals surface area contributed by atoms with E-state index in [1.165, 1.54) is 41.3 Å². The van der Waals surface area contributed by atoms with Gasteiger partial charge >= 0.3 is 0 Å². The van der Waals surface area contributed by atoms with E-state index in [0.717, 1.165) is 12.0 Å². The number of anilines is 2. The zero-order valence-corrected chi connectivity index (χ0v) is 23.2. The summed E-state index contributed by atoms with van der Waals surface area (Å²) in [5, 5.41) is 5.22. The van der Waals surface area contributed by atoms with E-state index in [1.54, 1.807) is 25.1 Å². The average Bonchev–Trinajstić information content (AvgIpc) is 2.92. The number of hydrogen-bond acceptors (Lipinski definition) is 6. The third-order valence-corrected chi connectivity index (χ3v) is 6.39. The van der Waals surface area contributed by atoms with Crippen LogP contribution in [0, 0.1) is 5.82 Å². The van der Waals surface area contributed by atoms with Crippen LogP contribution in [0.2, 0.25) is 5.02 Å². The minimum Gasteiger partial charge on any atom is -0.490 e. The Labute approximate surface area is 240 Å². The molecule has 40 heavy (non-hydrogen) atoms. The van der Waals surface area contributed by atoms with Gasteiger partial charge in [0.1, 0.15) is 11.4 Å². The van der Waals surface area contributed by atoms with Gasteiger partial charge in [0, 0.05) is 5.69 Å². The van der Waals surface area contributed by atoms with Crippen molar-refractivity contribution in [1.82, 2.24) is 5.32 Å². The molecule has 3 aromatic rings. The highest BCUT2D eigenvalue weighted by atomic mass is 35.5. The lowest BCUT2D eigenvalue weighted by Gasteiger charge is -2.29. The number of thiocarbonyl (C=S) groups is 1. The number of benzene rings is 3. The number of rotatable bonds is 9. The number of nitrogens with one attached hydrogen (secondary N) is 2. The Morgan fingerprint density at radius 2 is 1.77 bits per heavy atom. The van der Waals surface area contributed by atoms with E-state index in [9.17, 15) is 18.8 Å². The lowest BCUT2D eigenvalue weighted by Crippen LogP contribution is -2.54. The van der Waals surface area contributed by atoms with Crippen molar-refractivity contribution in [3.8, 4) is 11.5 Å². The lowest BCUT2D eigenvalue weighted by molar-refractivity contribution is -0.122. The van der Waals surface area contributed by atoms with Crippen LogP contribution in [0.25, 0.3) is 6.08 Å². The Kier molecular flexibility index (Phi) is 9.13. The van der Waals surface area contributed by atoms with Crippen LogP contribution in [0.15, 0.2) is 66.2 Å². The van der Waals surface area contributed by atoms with E-state index in [2.05, 4.69) is 10.6 Å². The Balaban J connectivity index is 1.57. The first-order chi connectivity index (χ1) is 19.2. The smallest absolute Gasteiger partial charge is 0.270 e. The fourth-order valence-electron chi connectivity index (χ4n) is 3.88. The summed E-state index contributed by atoms with van der Waals surface area (Å²) in [5.74, 6) is -1.84. The normalized spacial score (nSPS) is 14.2.